The van der Waals surface area contributed by atoms with Crippen LogP contribution in [0.15, 0.2) is 0 Å². The minimum atomic E-state index is -0.770. The van der Waals surface area contributed by atoms with Gasteiger partial charge in [-0.1, -0.05) is 0 Å². The van der Waals surface area contributed by atoms with E-state index < -0.39 is 11.5 Å². The highest BCUT2D eigenvalue weighted by Crippen LogP contribution is 2.55. The Balaban J connectivity index is 2.14. The second-order valence-corrected chi connectivity index (χ2v) is 4.24. The number of carboxylic acids is 1. The Morgan fingerprint density at radius 3 is 2.54 bits per heavy atom. The lowest BCUT2D eigenvalue weighted by Gasteiger charge is -2.40. The Kier molecular flexibility index (Phi) is 1.62. The maximum Gasteiger partial charge on any atom is 0.308 e. The number of nitrogens with one attached hydrogen (secondary N) is 1. The van der Waals surface area contributed by atoms with Gasteiger partial charge in [-0.25, -0.2) is 0 Å². The summed E-state index contributed by atoms with van der Waals surface area (Å²) in [6.45, 7) is 1.44. The second-order valence-electron chi connectivity index (χ2n) is 4.24. The first-order chi connectivity index (χ1) is 6.03. The van der Waals surface area contributed by atoms with Crippen LogP contribution in [0, 0.1) is 11.8 Å². The van der Waals surface area contributed by atoms with E-state index in [2.05, 4.69) is 5.32 Å². The van der Waals surface area contributed by atoms with Gasteiger partial charge in [0.2, 0.25) is 5.91 Å². The smallest absolute Gasteiger partial charge is 0.308 e. The van der Waals surface area contributed by atoms with Crippen molar-refractivity contribution in [3.8, 4) is 0 Å². The van der Waals surface area contributed by atoms with Gasteiger partial charge in [0.05, 0.1) is 11.5 Å². The number of carbonyl (C=O) groups is 2. The molecule has 1 atom stereocenters. The molecule has 72 valence electrons. The number of amides is 1. The van der Waals surface area contributed by atoms with Gasteiger partial charge in [-0.2, -0.15) is 0 Å². The van der Waals surface area contributed by atoms with E-state index in [1.165, 1.54) is 6.92 Å². The summed E-state index contributed by atoms with van der Waals surface area (Å²) in [5.41, 5.74) is -0.400. The fourth-order valence-corrected chi connectivity index (χ4v) is 2.86. The van der Waals surface area contributed by atoms with Gasteiger partial charge < -0.3 is 10.4 Å². The van der Waals surface area contributed by atoms with Gasteiger partial charge in [0.25, 0.3) is 0 Å². The SMILES string of the molecule is CC(=O)NC12CC(CC1C(=O)O)C2. The molecule has 0 aliphatic heterocycles. The molecule has 0 aromatic heterocycles. The first kappa shape index (κ1) is 8.53. The van der Waals surface area contributed by atoms with Crippen LogP contribution in [0.2, 0.25) is 0 Å². The van der Waals surface area contributed by atoms with E-state index in [0.717, 1.165) is 19.3 Å². The van der Waals surface area contributed by atoms with Gasteiger partial charge in [0, 0.05) is 6.92 Å². The Bertz CT molecular complexity index is 268. The third kappa shape index (κ3) is 1.12. The molecule has 2 bridgehead atoms. The van der Waals surface area contributed by atoms with Gasteiger partial charge in [-0.05, 0) is 25.2 Å². The topological polar surface area (TPSA) is 66.4 Å². The zero-order chi connectivity index (χ0) is 9.64. The fourth-order valence-electron chi connectivity index (χ4n) is 2.86. The molecule has 3 saturated carbocycles. The maximum atomic E-state index is 10.9. The molecular weight excluding hydrogens is 170 g/mol. The zero-order valence-corrected chi connectivity index (χ0v) is 7.54. The van der Waals surface area contributed by atoms with Gasteiger partial charge in [-0.15, -0.1) is 0 Å². The number of carbonyl (C=O) groups excluding carboxylic acids is 1. The number of hydrogen-bond donors (Lipinski definition) is 2. The van der Waals surface area contributed by atoms with E-state index in [-0.39, 0.29) is 11.8 Å². The highest BCUT2D eigenvalue weighted by Gasteiger charge is 2.60. The predicted octanol–water partition coefficient (Wildman–Crippen LogP) is 0.376. The standard InChI is InChI=1S/C9H13NO3/c1-5(11)10-9-3-6(4-9)2-7(9)8(12)13/h6-7H,2-4H2,1H3,(H,10,11)(H,12,13). The lowest BCUT2D eigenvalue weighted by molar-refractivity contribution is -0.144. The molecular formula is C9H13NO3. The Hall–Kier alpha value is -1.06. The van der Waals surface area contributed by atoms with Crippen LogP contribution in [0.4, 0.5) is 0 Å². The van der Waals surface area contributed by atoms with Crippen LogP contribution < -0.4 is 5.32 Å². The van der Waals surface area contributed by atoms with Crippen LogP contribution in [0.5, 0.6) is 0 Å². The highest BCUT2D eigenvalue weighted by molar-refractivity contribution is 5.78. The van der Waals surface area contributed by atoms with Crippen LogP contribution in [-0.2, 0) is 9.59 Å². The molecule has 1 unspecified atom stereocenters. The molecule has 4 heteroatoms. The fraction of sp³-hybridized carbons (Fsp3) is 0.778. The predicted molar refractivity (Wildman–Crippen MR) is 45.0 cm³/mol. The molecule has 0 radical (unpaired) electrons. The summed E-state index contributed by atoms with van der Waals surface area (Å²) in [5, 5.41) is 11.7. The summed E-state index contributed by atoms with van der Waals surface area (Å²) in [4.78, 5) is 21.8. The van der Waals surface area contributed by atoms with Crippen LogP contribution in [0.3, 0.4) is 0 Å². The Morgan fingerprint density at radius 2 is 2.08 bits per heavy atom. The quantitative estimate of drug-likeness (QED) is 0.650. The molecule has 3 aliphatic carbocycles. The number of fused-ring (bicyclic) bond motifs is 1. The van der Waals surface area contributed by atoms with E-state index in [0.29, 0.717) is 5.92 Å². The van der Waals surface area contributed by atoms with E-state index in [4.69, 9.17) is 5.11 Å². The van der Waals surface area contributed by atoms with E-state index in [9.17, 15) is 9.59 Å². The summed E-state index contributed by atoms with van der Waals surface area (Å²) in [6, 6.07) is 0. The van der Waals surface area contributed by atoms with Crippen molar-refractivity contribution in [2.75, 3.05) is 0 Å². The Labute approximate surface area is 76.3 Å². The van der Waals surface area contributed by atoms with Gasteiger partial charge in [0.1, 0.15) is 0 Å². The molecule has 0 aromatic rings. The van der Waals surface area contributed by atoms with Gasteiger partial charge >= 0.3 is 5.97 Å². The Morgan fingerprint density at radius 1 is 1.46 bits per heavy atom. The summed E-state index contributed by atoms with van der Waals surface area (Å²) in [5.74, 6) is -0.727. The van der Waals surface area contributed by atoms with Crippen molar-refractivity contribution in [3.05, 3.63) is 0 Å². The summed E-state index contributed by atoms with van der Waals surface area (Å²) in [7, 11) is 0. The van der Waals surface area contributed by atoms with Crippen molar-refractivity contribution in [1.29, 1.82) is 0 Å². The minimum absolute atomic E-state index is 0.119. The molecule has 0 aromatic carbocycles. The van der Waals surface area contributed by atoms with Crippen molar-refractivity contribution in [3.63, 3.8) is 0 Å². The number of rotatable bonds is 2. The molecule has 0 heterocycles. The van der Waals surface area contributed by atoms with Crippen LogP contribution in [-0.4, -0.2) is 22.5 Å². The molecule has 0 spiro atoms. The van der Waals surface area contributed by atoms with Crippen LogP contribution in [0.1, 0.15) is 26.2 Å². The minimum Gasteiger partial charge on any atom is -0.481 e. The lowest BCUT2D eigenvalue weighted by Crippen LogP contribution is -2.56. The van der Waals surface area contributed by atoms with E-state index in [1.807, 2.05) is 0 Å². The molecule has 0 saturated heterocycles. The van der Waals surface area contributed by atoms with Gasteiger partial charge in [0.15, 0.2) is 0 Å². The largest absolute Gasteiger partial charge is 0.481 e. The zero-order valence-electron chi connectivity index (χ0n) is 7.54. The normalized spacial score (nSPS) is 41.0. The second kappa shape index (κ2) is 2.47. The maximum absolute atomic E-state index is 10.9. The number of carboxylic acid groups (broad SMARTS) is 1. The van der Waals surface area contributed by atoms with Crippen molar-refractivity contribution in [2.24, 2.45) is 11.8 Å². The van der Waals surface area contributed by atoms with E-state index in [1.54, 1.807) is 0 Å². The van der Waals surface area contributed by atoms with Crippen LogP contribution >= 0.6 is 0 Å². The summed E-state index contributed by atoms with van der Waals surface area (Å²) < 4.78 is 0. The van der Waals surface area contributed by atoms with Crippen molar-refractivity contribution < 1.29 is 14.7 Å². The molecule has 3 fully saturated rings. The molecule has 13 heavy (non-hydrogen) atoms. The molecule has 4 nitrogen and oxygen atoms in total. The number of aliphatic carboxylic acids is 1. The highest BCUT2D eigenvalue weighted by atomic mass is 16.4. The molecule has 1 amide bonds. The van der Waals surface area contributed by atoms with Crippen molar-refractivity contribution in [1.82, 2.24) is 5.32 Å². The average Bonchev–Trinajstić information content (AvgIpc) is 2.38. The summed E-state index contributed by atoms with van der Waals surface area (Å²) in [6.07, 6.45) is 2.43. The molecule has 3 rings (SSSR count). The van der Waals surface area contributed by atoms with Gasteiger partial charge in [-0.3, -0.25) is 9.59 Å². The monoisotopic (exact) mass is 183 g/mol. The van der Waals surface area contributed by atoms with Crippen molar-refractivity contribution in [2.45, 2.75) is 31.7 Å². The lowest BCUT2D eigenvalue weighted by atomic mass is 9.74. The third-order valence-electron chi connectivity index (χ3n) is 3.26. The molecule has 3 aliphatic rings. The van der Waals surface area contributed by atoms with E-state index >= 15 is 0 Å². The summed E-state index contributed by atoms with van der Waals surface area (Å²) >= 11 is 0. The third-order valence-corrected chi connectivity index (χ3v) is 3.26. The first-order valence-electron chi connectivity index (χ1n) is 4.55. The average molecular weight is 183 g/mol. The van der Waals surface area contributed by atoms with Crippen molar-refractivity contribution >= 4 is 11.9 Å². The van der Waals surface area contributed by atoms with Crippen LogP contribution in [0.25, 0.3) is 0 Å². The molecule has 2 N–H and O–H groups in total. The first-order valence-corrected chi connectivity index (χ1v) is 4.55. The number of hydrogen-bond acceptors (Lipinski definition) is 2.